The number of carbonyl (C=O) groups excluding carboxylic acids is 2. The fourth-order valence-corrected chi connectivity index (χ4v) is 4.24. The molecule has 1 amide bonds. The molecular weight excluding hydrogens is 398 g/mol. The van der Waals surface area contributed by atoms with Gasteiger partial charge in [-0.2, -0.15) is 0 Å². The number of anilines is 1. The molecule has 0 saturated heterocycles. The minimum atomic E-state index is -0.498. The fourth-order valence-electron chi connectivity index (χ4n) is 4.24. The molecule has 0 aliphatic heterocycles. The second-order valence-electron chi connectivity index (χ2n) is 8.04. The molecule has 1 unspecified atom stereocenters. The van der Waals surface area contributed by atoms with Crippen LogP contribution in [0.1, 0.15) is 34.5 Å². The van der Waals surface area contributed by atoms with Gasteiger partial charge in [0.1, 0.15) is 0 Å². The van der Waals surface area contributed by atoms with Crippen molar-refractivity contribution in [2.45, 2.75) is 19.4 Å². The van der Waals surface area contributed by atoms with Crippen molar-refractivity contribution in [1.29, 1.82) is 0 Å². The van der Waals surface area contributed by atoms with E-state index in [-0.39, 0.29) is 18.2 Å². The van der Waals surface area contributed by atoms with E-state index in [0.717, 1.165) is 39.0 Å². The summed E-state index contributed by atoms with van der Waals surface area (Å²) in [5.41, 5.74) is 4.38. The van der Waals surface area contributed by atoms with Crippen molar-refractivity contribution in [2.75, 3.05) is 18.9 Å². The third-order valence-corrected chi connectivity index (χ3v) is 5.85. The van der Waals surface area contributed by atoms with E-state index in [1.165, 1.54) is 0 Å². The molecule has 1 heterocycles. The summed E-state index contributed by atoms with van der Waals surface area (Å²) in [5.74, 6) is -0.121. The van der Waals surface area contributed by atoms with E-state index < -0.39 is 6.04 Å². The minimum absolute atomic E-state index is 0.00657. The maximum absolute atomic E-state index is 13.7. The number of fused-ring (bicyclic) bond motifs is 1. The highest BCUT2D eigenvalue weighted by molar-refractivity contribution is 6.10. The molecule has 32 heavy (non-hydrogen) atoms. The Morgan fingerprint density at radius 1 is 0.938 bits per heavy atom. The first-order valence-electron chi connectivity index (χ1n) is 10.9. The number of benzene rings is 3. The molecule has 5 heteroatoms. The average molecular weight is 427 g/mol. The van der Waals surface area contributed by atoms with Crippen LogP contribution in [0.3, 0.4) is 0 Å². The van der Waals surface area contributed by atoms with Crippen LogP contribution < -0.4 is 10.2 Å². The summed E-state index contributed by atoms with van der Waals surface area (Å²) >= 11 is 0. The van der Waals surface area contributed by atoms with Gasteiger partial charge in [-0.15, -0.1) is 0 Å². The summed E-state index contributed by atoms with van der Waals surface area (Å²) in [6.07, 6.45) is 2.61. The molecular formula is C27H28N3O2+. The fraction of sp³-hybridized carbons (Fsp3) is 0.185. The Morgan fingerprint density at radius 2 is 1.62 bits per heavy atom. The van der Waals surface area contributed by atoms with Crippen LogP contribution in [0.25, 0.3) is 10.9 Å². The molecule has 0 bridgehead atoms. The van der Waals surface area contributed by atoms with Gasteiger partial charge < -0.3 is 15.2 Å². The number of hydrogen-bond acceptors (Lipinski definition) is 2. The molecule has 0 fully saturated rings. The number of aryl methyl sites for hydroxylation is 1. The quantitative estimate of drug-likeness (QED) is 0.375. The minimum Gasteiger partial charge on any atom is -0.360 e. The maximum atomic E-state index is 13.7. The molecule has 0 aliphatic rings. The number of Topliss-reactive ketones (excluding diaryl/α,β-unsaturated/α-hetero) is 1. The van der Waals surface area contributed by atoms with Crippen LogP contribution in [0.2, 0.25) is 0 Å². The second-order valence-corrected chi connectivity index (χ2v) is 8.04. The maximum Gasteiger partial charge on any atom is 0.279 e. The van der Waals surface area contributed by atoms with Crippen LogP contribution in [0.5, 0.6) is 0 Å². The number of nitrogens with one attached hydrogen (secondary N) is 3. The zero-order valence-electron chi connectivity index (χ0n) is 18.4. The number of amides is 1. The highest BCUT2D eigenvalue weighted by Crippen LogP contribution is 2.23. The van der Waals surface area contributed by atoms with Gasteiger partial charge in [-0.25, -0.2) is 0 Å². The normalized spacial score (nSPS) is 12.9. The van der Waals surface area contributed by atoms with Gasteiger partial charge in [0, 0.05) is 33.9 Å². The number of H-pyrrole nitrogens is 1. The van der Waals surface area contributed by atoms with Crippen LogP contribution in [0, 0.1) is 0 Å². The third-order valence-electron chi connectivity index (χ3n) is 5.85. The van der Waals surface area contributed by atoms with Crippen molar-refractivity contribution < 1.29 is 14.5 Å². The number of hydrogen-bond donors (Lipinski definition) is 3. The molecule has 4 aromatic rings. The number of para-hydroxylation sites is 2. The standard InChI is InChI=1S/C27H27N3O2/c1-3-19-11-7-9-15-23(19)29-25(31)18-30(2)26(20-12-5-4-6-13-20)27(32)22-17-28-24-16-10-8-14-21(22)24/h4-17,26,28H,3,18H2,1-2H3,(H,29,31)/p+1/t26-/m0/s1. The van der Waals surface area contributed by atoms with Gasteiger partial charge in [0.2, 0.25) is 5.78 Å². The first-order chi connectivity index (χ1) is 15.6. The van der Waals surface area contributed by atoms with E-state index in [9.17, 15) is 9.59 Å². The summed E-state index contributed by atoms with van der Waals surface area (Å²) in [4.78, 5) is 30.6. The lowest BCUT2D eigenvalue weighted by molar-refractivity contribution is -0.893. The number of rotatable bonds is 8. The molecule has 0 spiro atoms. The topological polar surface area (TPSA) is 66.4 Å². The Labute approximate surface area is 188 Å². The van der Waals surface area contributed by atoms with Crippen molar-refractivity contribution in [3.05, 3.63) is 102 Å². The SMILES string of the molecule is CCc1ccccc1NC(=O)C[NH+](C)[C@H](C(=O)c1c[nH]c2ccccc12)c1ccccc1. The molecule has 2 atom stereocenters. The number of aromatic nitrogens is 1. The van der Waals surface area contributed by atoms with E-state index in [2.05, 4.69) is 17.2 Å². The van der Waals surface area contributed by atoms with E-state index >= 15 is 0 Å². The number of ketones is 1. The first-order valence-corrected chi connectivity index (χ1v) is 10.9. The van der Waals surface area contributed by atoms with Gasteiger partial charge in [0.25, 0.3) is 5.91 Å². The largest absolute Gasteiger partial charge is 0.360 e. The van der Waals surface area contributed by atoms with E-state index in [0.29, 0.717) is 5.56 Å². The number of aromatic amines is 1. The highest BCUT2D eigenvalue weighted by atomic mass is 16.2. The lowest BCUT2D eigenvalue weighted by atomic mass is 9.96. The molecule has 3 aromatic carbocycles. The van der Waals surface area contributed by atoms with E-state index in [4.69, 9.17) is 0 Å². The molecule has 1 aromatic heterocycles. The van der Waals surface area contributed by atoms with Crippen molar-refractivity contribution in [1.82, 2.24) is 4.98 Å². The summed E-state index contributed by atoms with van der Waals surface area (Å²) < 4.78 is 0. The number of carbonyl (C=O) groups is 2. The van der Waals surface area contributed by atoms with Crippen molar-refractivity contribution in [3.8, 4) is 0 Å². The number of likely N-dealkylation sites (N-methyl/N-ethyl adjacent to an activating group) is 1. The van der Waals surface area contributed by atoms with E-state index in [1.54, 1.807) is 6.20 Å². The first kappa shape index (κ1) is 21.5. The van der Waals surface area contributed by atoms with Crippen LogP contribution in [0.15, 0.2) is 85.1 Å². The van der Waals surface area contributed by atoms with Crippen molar-refractivity contribution in [2.24, 2.45) is 0 Å². The summed E-state index contributed by atoms with van der Waals surface area (Å²) in [6.45, 7) is 2.24. The Hall–Kier alpha value is -3.70. The zero-order valence-corrected chi connectivity index (χ0v) is 18.4. The average Bonchev–Trinajstić information content (AvgIpc) is 3.24. The van der Waals surface area contributed by atoms with Gasteiger partial charge in [0.15, 0.2) is 12.6 Å². The molecule has 0 radical (unpaired) electrons. The van der Waals surface area contributed by atoms with E-state index in [1.807, 2.05) is 85.9 Å². The van der Waals surface area contributed by atoms with Gasteiger partial charge in [0.05, 0.1) is 7.05 Å². The lowest BCUT2D eigenvalue weighted by Crippen LogP contribution is -3.11. The van der Waals surface area contributed by atoms with Crippen LogP contribution in [-0.2, 0) is 11.2 Å². The predicted octanol–water partition coefficient (Wildman–Crippen LogP) is 3.81. The lowest BCUT2D eigenvalue weighted by Gasteiger charge is -2.24. The third kappa shape index (κ3) is 4.48. The number of quaternary nitrogens is 1. The van der Waals surface area contributed by atoms with Gasteiger partial charge in [-0.3, -0.25) is 9.59 Å². The predicted molar refractivity (Wildman–Crippen MR) is 128 cm³/mol. The highest BCUT2D eigenvalue weighted by Gasteiger charge is 2.32. The van der Waals surface area contributed by atoms with Crippen LogP contribution in [-0.4, -0.2) is 30.3 Å². The summed E-state index contributed by atoms with van der Waals surface area (Å²) in [6, 6.07) is 24.8. The summed E-state index contributed by atoms with van der Waals surface area (Å²) in [7, 11) is 1.90. The molecule has 5 nitrogen and oxygen atoms in total. The van der Waals surface area contributed by atoms with Crippen molar-refractivity contribution in [3.63, 3.8) is 0 Å². The molecule has 3 N–H and O–H groups in total. The van der Waals surface area contributed by atoms with Gasteiger partial charge in [-0.05, 0) is 24.1 Å². The zero-order chi connectivity index (χ0) is 22.5. The Bertz CT molecular complexity index is 1230. The monoisotopic (exact) mass is 426 g/mol. The van der Waals surface area contributed by atoms with Crippen molar-refractivity contribution >= 4 is 28.3 Å². The van der Waals surface area contributed by atoms with Gasteiger partial charge >= 0.3 is 0 Å². The Balaban J connectivity index is 1.60. The molecule has 0 saturated carbocycles. The Morgan fingerprint density at radius 3 is 2.41 bits per heavy atom. The molecule has 0 aliphatic carbocycles. The smallest absolute Gasteiger partial charge is 0.279 e. The summed E-state index contributed by atoms with van der Waals surface area (Å²) in [5, 5.41) is 3.92. The van der Waals surface area contributed by atoms with Gasteiger partial charge in [-0.1, -0.05) is 73.7 Å². The van der Waals surface area contributed by atoms with Crippen LogP contribution in [0.4, 0.5) is 5.69 Å². The van der Waals surface area contributed by atoms with Crippen LogP contribution >= 0.6 is 0 Å². The molecule has 162 valence electrons. The Kier molecular flexibility index (Phi) is 6.47. The second kappa shape index (κ2) is 9.62. The molecule has 4 rings (SSSR count).